The van der Waals surface area contributed by atoms with E-state index in [2.05, 4.69) is 23.7 Å². The Labute approximate surface area is 103 Å². The molecule has 94 valence electrons. The van der Waals surface area contributed by atoms with E-state index in [-0.39, 0.29) is 6.61 Å². The van der Waals surface area contributed by atoms with E-state index < -0.39 is 0 Å². The highest BCUT2D eigenvalue weighted by molar-refractivity contribution is 5.47. The van der Waals surface area contributed by atoms with Gasteiger partial charge in [0, 0.05) is 24.3 Å². The summed E-state index contributed by atoms with van der Waals surface area (Å²) in [4.78, 5) is 6.82. The van der Waals surface area contributed by atoms with Crippen molar-refractivity contribution in [1.82, 2.24) is 4.98 Å². The van der Waals surface area contributed by atoms with E-state index in [0.717, 1.165) is 23.8 Å². The van der Waals surface area contributed by atoms with Gasteiger partial charge in [0.2, 0.25) is 0 Å². The minimum atomic E-state index is 0.0726. The molecule has 1 aromatic rings. The van der Waals surface area contributed by atoms with Gasteiger partial charge in [0.25, 0.3) is 0 Å². The van der Waals surface area contributed by atoms with Crippen molar-refractivity contribution < 1.29 is 5.11 Å². The lowest BCUT2D eigenvalue weighted by atomic mass is 9.91. The van der Waals surface area contributed by atoms with Gasteiger partial charge in [-0.25, -0.2) is 4.98 Å². The van der Waals surface area contributed by atoms with Gasteiger partial charge < -0.3 is 10.0 Å². The Morgan fingerprint density at radius 2 is 2.29 bits per heavy atom. The van der Waals surface area contributed by atoms with E-state index in [9.17, 15) is 5.11 Å². The minimum Gasteiger partial charge on any atom is -0.392 e. The smallest absolute Gasteiger partial charge is 0.134 e. The average Bonchev–Trinajstić information content (AvgIpc) is 2.39. The fourth-order valence-electron chi connectivity index (χ4n) is 2.62. The third kappa shape index (κ3) is 2.60. The lowest BCUT2D eigenvalue weighted by Gasteiger charge is -2.39. The highest BCUT2D eigenvalue weighted by Crippen LogP contribution is 2.29. The topological polar surface area (TPSA) is 36.4 Å². The maximum absolute atomic E-state index is 9.39. The zero-order valence-electron chi connectivity index (χ0n) is 10.8. The summed E-state index contributed by atoms with van der Waals surface area (Å²) >= 11 is 0. The maximum atomic E-state index is 9.39. The first-order valence-corrected chi connectivity index (χ1v) is 6.57. The fourth-order valence-corrected chi connectivity index (χ4v) is 2.62. The summed E-state index contributed by atoms with van der Waals surface area (Å²) in [6.45, 7) is 5.65. The van der Waals surface area contributed by atoms with Crippen LogP contribution in [0.5, 0.6) is 0 Å². The third-order valence-electron chi connectivity index (χ3n) is 3.87. The van der Waals surface area contributed by atoms with Gasteiger partial charge in [-0.3, -0.25) is 0 Å². The molecular formula is C14H22N2O. The van der Waals surface area contributed by atoms with Crippen LogP contribution in [0, 0.1) is 5.92 Å². The van der Waals surface area contributed by atoms with Gasteiger partial charge >= 0.3 is 0 Å². The van der Waals surface area contributed by atoms with Crippen LogP contribution in [0.4, 0.5) is 5.82 Å². The highest BCUT2D eigenvalue weighted by Gasteiger charge is 2.26. The van der Waals surface area contributed by atoms with E-state index >= 15 is 0 Å². The first kappa shape index (κ1) is 12.4. The van der Waals surface area contributed by atoms with Crippen molar-refractivity contribution in [2.45, 2.75) is 45.8 Å². The van der Waals surface area contributed by atoms with E-state index in [1.807, 2.05) is 18.3 Å². The number of piperidine rings is 1. The van der Waals surface area contributed by atoms with Crippen molar-refractivity contribution in [3.05, 3.63) is 23.9 Å². The molecule has 1 aliphatic heterocycles. The molecule has 2 atom stereocenters. The van der Waals surface area contributed by atoms with Crippen molar-refractivity contribution in [1.29, 1.82) is 0 Å². The van der Waals surface area contributed by atoms with Crippen LogP contribution >= 0.6 is 0 Å². The molecule has 1 N–H and O–H groups in total. The summed E-state index contributed by atoms with van der Waals surface area (Å²) in [6.07, 6.45) is 5.58. The second kappa shape index (κ2) is 5.50. The first-order chi connectivity index (χ1) is 8.26. The molecule has 0 aromatic carbocycles. The molecule has 3 nitrogen and oxygen atoms in total. The number of rotatable bonds is 3. The van der Waals surface area contributed by atoms with Gasteiger partial charge in [-0.2, -0.15) is 0 Å². The molecule has 1 fully saturated rings. The third-order valence-corrected chi connectivity index (χ3v) is 3.87. The average molecular weight is 234 g/mol. The molecule has 1 aliphatic rings. The van der Waals surface area contributed by atoms with Crippen molar-refractivity contribution >= 4 is 5.82 Å². The van der Waals surface area contributed by atoms with Crippen LogP contribution in [0.2, 0.25) is 0 Å². The highest BCUT2D eigenvalue weighted by atomic mass is 16.3. The van der Waals surface area contributed by atoms with Gasteiger partial charge in [-0.1, -0.05) is 19.4 Å². The summed E-state index contributed by atoms with van der Waals surface area (Å²) < 4.78 is 0. The molecule has 2 heterocycles. The number of aromatic nitrogens is 1. The SMILES string of the molecule is CCC1CCC(C)N(c2ncccc2CO)C1. The van der Waals surface area contributed by atoms with E-state index in [4.69, 9.17) is 0 Å². The van der Waals surface area contributed by atoms with E-state index in [1.165, 1.54) is 19.3 Å². The molecule has 0 radical (unpaired) electrons. The fraction of sp³-hybridized carbons (Fsp3) is 0.643. The Morgan fingerprint density at radius 1 is 1.47 bits per heavy atom. The summed E-state index contributed by atoms with van der Waals surface area (Å²) in [5.74, 6) is 1.74. The van der Waals surface area contributed by atoms with Crippen LogP contribution in [-0.4, -0.2) is 22.7 Å². The minimum absolute atomic E-state index is 0.0726. The lowest BCUT2D eigenvalue weighted by Crippen LogP contribution is -2.42. The molecule has 1 saturated heterocycles. The van der Waals surface area contributed by atoms with Crippen molar-refractivity contribution in [3.8, 4) is 0 Å². The van der Waals surface area contributed by atoms with Crippen molar-refractivity contribution in [3.63, 3.8) is 0 Å². The second-order valence-corrected chi connectivity index (χ2v) is 5.00. The van der Waals surface area contributed by atoms with E-state index in [0.29, 0.717) is 6.04 Å². The second-order valence-electron chi connectivity index (χ2n) is 5.00. The summed E-state index contributed by atoms with van der Waals surface area (Å²) in [6, 6.07) is 4.38. The largest absolute Gasteiger partial charge is 0.392 e. The van der Waals surface area contributed by atoms with Crippen LogP contribution in [0.25, 0.3) is 0 Å². The number of nitrogens with zero attached hydrogens (tertiary/aromatic N) is 2. The van der Waals surface area contributed by atoms with Crippen LogP contribution < -0.4 is 4.90 Å². The summed E-state index contributed by atoms with van der Waals surface area (Å²) in [5, 5.41) is 9.39. The molecule has 1 aromatic heterocycles. The Morgan fingerprint density at radius 3 is 3.00 bits per heavy atom. The molecule has 2 rings (SSSR count). The molecule has 3 heteroatoms. The number of anilines is 1. The van der Waals surface area contributed by atoms with Gasteiger partial charge in [-0.05, 0) is 31.7 Å². The normalized spacial score (nSPS) is 25.0. The van der Waals surface area contributed by atoms with E-state index in [1.54, 1.807) is 0 Å². The molecule has 0 bridgehead atoms. The Bertz CT molecular complexity index is 367. The number of hydrogen-bond donors (Lipinski definition) is 1. The molecule has 17 heavy (non-hydrogen) atoms. The predicted molar refractivity (Wildman–Crippen MR) is 70.0 cm³/mol. The number of pyridine rings is 1. The zero-order chi connectivity index (χ0) is 12.3. The van der Waals surface area contributed by atoms with Crippen LogP contribution in [0.15, 0.2) is 18.3 Å². The number of aliphatic hydroxyl groups is 1. The van der Waals surface area contributed by atoms with Gasteiger partial charge in [0.05, 0.1) is 6.61 Å². The molecule has 2 unspecified atom stereocenters. The Balaban J connectivity index is 2.24. The molecule has 0 spiro atoms. The zero-order valence-corrected chi connectivity index (χ0v) is 10.8. The lowest BCUT2D eigenvalue weighted by molar-refractivity contribution is 0.280. The quantitative estimate of drug-likeness (QED) is 0.873. The molecule has 0 amide bonds. The van der Waals surface area contributed by atoms with Gasteiger partial charge in [0.15, 0.2) is 0 Å². The van der Waals surface area contributed by atoms with Gasteiger partial charge in [-0.15, -0.1) is 0 Å². The molecule has 0 saturated carbocycles. The number of aliphatic hydroxyl groups excluding tert-OH is 1. The summed E-state index contributed by atoms with van der Waals surface area (Å²) in [5.41, 5.74) is 0.941. The van der Waals surface area contributed by atoms with Crippen molar-refractivity contribution in [2.75, 3.05) is 11.4 Å². The molecular weight excluding hydrogens is 212 g/mol. The standard InChI is InChI=1S/C14H22N2O/c1-3-12-7-6-11(2)16(9-12)14-13(10-17)5-4-8-15-14/h4-5,8,11-12,17H,3,6-7,9-10H2,1-2H3. The van der Waals surface area contributed by atoms with Gasteiger partial charge in [0.1, 0.15) is 5.82 Å². The van der Waals surface area contributed by atoms with Crippen LogP contribution in [0.1, 0.15) is 38.7 Å². The first-order valence-electron chi connectivity index (χ1n) is 6.57. The van der Waals surface area contributed by atoms with Crippen LogP contribution in [0.3, 0.4) is 0 Å². The number of hydrogen-bond acceptors (Lipinski definition) is 3. The molecule has 0 aliphatic carbocycles. The predicted octanol–water partition coefficient (Wildman–Crippen LogP) is 2.59. The van der Waals surface area contributed by atoms with Crippen LogP contribution in [-0.2, 0) is 6.61 Å². The summed E-state index contributed by atoms with van der Waals surface area (Å²) in [7, 11) is 0. The maximum Gasteiger partial charge on any atom is 0.134 e. The Kier molecular flexibility index (Phi) is 4.00. The Hall–Kier alpha value is -1.09. The van der Waals surface area contributed by atoms with Crippen molar-refractivity contribution in [2.24, 2.45) is 5.92 Å². The monoisotopic (exact) mass is 234 g/mol.